The van der Waals surface area contributed by atoms with Crippen LogP contribution in [0.25, 0.3) is 0 Å². The van der Waals surface area contributed by atoms with Crippen molar-refractivity contribution in [2.24, 2.45) is 0 Å². The summed E-state index contributed by atoms with van der Waals surface area (Å²) in [6.07, 6.45) is -1.23. The number of halogens is 1. The summed E-state index contributed by atoms with van der Waals surface area (Å²) in [4.78, 5) is 34.7. The number of rotatable bonds is 4. The second-order valence-electron chi connectivity index (χ2n) is 4.64. The molecule has 2 N–H and O–H groups in total. The van der Waals surface area contributed by atoms with Gasteiger partial charge in [0.1, 0.15) is 5.82 Å². The fourth-order valence-electron chi connectivity index (χ4n) is 1.42. The molecule has 3 amide bonds. The van der Waals surface area contributed by atoms with Gasteiger partial charge in [0.15, 0.2) is 6.10 Å². The summed E-state index contributed by atoms with van der Waals surface area (Å²) in [5.41, 5.74) is -0.274. The third-order valence-electron chi connectivity index (χ3n) is 2.40. The smallest absolute Gasteiger partial charge is 0.341 e. The van der Waals surface area contributed by atoms with Gasteiger partial charge < -0.3 is 10.1 Å². The molecule has 0 bridgehead atoms. The number of hydrogen-bond acceptors (Lipinski definition) is 4. The van der Waals surface area contributed by atoms with Gasteiger partial charge in [-0.3, -0.25) is 10.1 Å². The topological polar surface area (TPSA) is 84.5 Å². The van der Waals surface area contributed by atoms with E-state index in [0.29, 0.717) is 0 Å². The van der Waals surface area contributed by atoms with Gasteiger partial charge in [-0.2, -0.15) is 0 Å². The molecule has 0 heterocycles. The Kier molecular flexibility index (Phi) is 5.83. The number of imide groups is 1. The minimum absolute atomic E-state index is 0.144. The van der Waals surface area contributed by atoms with Crippen molar-refractivity contribution in [1.29, 1.82) is 0 Å². The van der Waals surface area contributed by atoms with Crippen LogP contribution in [-0.2, 0) is 9.53 Å². The highest BCUT2D eigenvalue weighted by Gasteiger charge is 2.22. The molecule has 1 unspecified atom stereocenters. The second-order valence-corrected chi connectivity index (χ2v) is 4.64. The molecule has 0 fully saturated rings. The van der Waals surface area contributed by atoms with Gasteiger partial charge >= 0.3 is 12.0 Å². The Morgan fingerprint density at radius 3 is 2.33 bits per heavy atom. The lowest BCUT2D eigenvalue weighted by molar-refractivity contribution is -0.127. The third-order valence-corrected chi connectivity index (χ3v) is 2.40. The molecule has 0 aliphatic carbocycles. The van der Waals surface area contributed by atoms with Crippen LogP contribution in [-0.4, -0.2) is 30.1 Å². The Morgan fingerprint density at radius 1 is 1.14 bits per heavy atom. The van der Waals surface area contributed by atoms with Crippen LogP contribution in [0, 0.1) is 5.82 Å². The fourth-order valence-corrected chi connectivity index (χ4v) is 1.42. The highest BCUT2D eigenvalue weighted by molar-refractivity contribution is 5.98. The van der Waals surface area contributed by atoms with E-state index in [1.165, 1.54) is 25.1 Å². The first-order chi connectivity index (χ1) is 9.81. The monoisotopic (exact) mass is 296 g/mol. The van der Waals surface area contributed by atoms with Crippen molar-refractivity contribution in [1.82, 2.24) is 10.6 Å². The first-order valence-corrected chi connectivity index (χ1v) is 6.38. The van der Waals surface area contributed by atoms with Crippen molar-refractivity contribution in [2.75, 3.05) is 0 Å². The van der Waals surface area contributed by atoms with Gasteiger partial charge in [-0.15, -0.1) is 0 Å². The molecule has 6 nitrogen and oxygen atoms in total. The summed E-state index contributed by atoms with van der Waals surface area (Å²) >= 11 is 0. The van der Waals surface area contributed by atoms with Gasteiger partial charge in [-0.05, 0) is 32.9 Å². The standard InChI is InChI=1S/C14H17FN2O4/c1-8(2)16-14(20)17-12(18)9(3)21-13(19)10-6-4-5-7-11(10)15/h4-9H,1-3H3,(H2,16,17,18,20). The summed E-state index contributed by atoms with van der Waals surface area (Å²) in [5, 5.41) is 4.47. The number of amides is 3. The number of carbonyl (C=O) groups is 3. The Bertz CT molecular complexity index is 546. The Balaban J connectivity index is 2.58. The molecule has 0 spiro atoms. The molecule has 114 valence electrons. The lowest BCUT2D eigenvalue weighted by atomic mass is 10.2. The molecule has 1 aromatic carbocycles. The minimum atomic E-state index is -1.23. The third kappa shape index (κ3) is 5.21. The van der Waals surface area contributed by atoms with E-state index in [2.05, 4.69) is 5.32 Å². The Hall–Kier alpha value is -2.44. The van der Waals surface area contributed by atoms with Gasteiger partial charge in [0, 0.05) is 6.04 Å². The van der Waals surface area contributed by atoms with Crippen molar-refractivity contribution in [3.63, 3.8) is 0 Å². The normalized spacial score (nSPS) is 11.7. The lowest BCUT2D eigenvalue weighted by Crippen LogP contribution is -2.46. The molecule has 21 heavy (non-hydrogen) atoms. The summed E-state index contributed by atoms with van der Waals surface area (Å²) in [5.74, 6) is -2.51. The van der Waals surface area contributed by atoms with Gasteiger partial charge in [0.25, 0.3) is 5.91 Å². The number of ether oxygens (including phenoxy) is 1. The van der Waals surface area contributed by atoms with E-state index < -0.39 is 29.8 Å². The largest absolute Gasteiger partial charge is 0.449 e. The summed E-state index contributed by atoms with van der Waals surface area (Å²) in [6, 6.07) is 4.42. The lowest BCUT2D eigenvalue weighted by Gasteiger charge is -2.14. The number of benzene rings is 1. The molecular formula is C14H17FN2O4. The number of nitrogens with one attached hydrogen (secondary N) is 2. The molecule has 1 rings (SSSR count). The van der Waals surface area contributed by atoms with Gasteiger partial charge in [0.05, 0.1) is 5.56 Å². The van der Waals surface area contributed by atoms with Crippen LogP contribution in [0.2, 0.25) is 0 Å². The van der Waals surface area contributed by atoms with Crippen LogP contribution in [0.15, 0.2) is 24.3 Å². The van der Waals surface area contributed by atoms with E-state index in [4.69, 9.17) is 4.74 Å². The van der Waals surface area contributed by atoms with Crippen LogP contribution in [0.1, 0.15) is 31.1 Å². The Labute approximate surface area is 121 Å². The zero-order chi connectivity index (χ0) is 16.0. The summed E-state index contributed by atoms with van der Waals surface area (Å²) in [7, 11) is 0. The van der Waals surface area contributed by atoms with Crippen molar-refractivity contribution in [2.45, 2.75) is 32.9 Å². The first kappa shape index (κ1) is 16.6. The SMILES string of the molecule is CC(C)NC(=O)NC(=O)C(C)OC(=O)c1ccccc1F. The molecule has 0 radical (unpaired) electrons. The zero-order valence-electron chi connectivity index (χ0n) is 12.0. The van der Waals surface area contributed by atoms with E-state index in [1.807, 2.05) is 5.32 Å². The van der Waals surface area contributed by atoms with Crippen molar-refractivity contribution >= 4 is 17.9 Å². The first-order valence-electron chi connectivity index (χ1n) is 6.38. The molecule has 0 aliphatic rings. The molecule has 0 aliphatic heterocycles. The molecule has 1 aromatic rings. The van der Waals surface area contributed by atoms with Crippen LogP contribution in [0.4, 0.5) is 9.18 Å². The van der Waals surface area contributed by atoms with E-state index in [9.17, 15) is 18.8 Å². The summed E-state index contributed by atoms with van der Waals surface area (Å²) < 4.78 is 18.2. The highest BCUT2D eigenvalue weighted by atomic mass is 19.1. The van der Waals surface area contributed by atoms with E-state index in [1.54, 1.807) is 13.8 Å². The van der Waals surface area contributed by atoms with Crippen LogP contribution >= 0.6 is 0 Å². The number of urea groups is 1. The number of carbonyl (C=O) groups excluding carboxylic acids is 3. The van der Waals surface area contributed by atoms with Crippen LogP contribution in [0.3, 0.4) is 0 Å². The van der Waals surface area contributed by atoms with Gasteiger partial charge in [-0.1, -0.05) is 12.1 Å². The predicted molar refractivity (Wildman–Crippen MR) is 73.1 cm³/mol. The minimum Gasteiger partial charge on any atom is -0.449 e. The highest BCUT2D eigenvalue weighted by Crippen LogP contribution is 2.09. The molecule has 0 saturated heterocycles. The molecule has 0 aromatic heterocycles. The van der Waals surface area contributed by atoms with Gasteiger partial charge in [-0.25, -0.2) is 14.0 Å². The maximum absolute atomic E-state index is 13.4. The molecule has 0 saturated carbocycles. The molecule has 1 atom stereocenters. The Morgan fingerprint density at radius 2 is 1.76 bits per heavy atom. The van der Waals surface area contributed by atoms with Gasteiger partial charge in [0.2, 0.25) is 0 Å². The van der Waals surface area contributed by atoms with E-state index >= 15 is 0 Å². The summed E-state index contributed by atoms with van der Waals surface area (Å²) in [6.45, 7) is 4.74. The van der Waals surface area contributed by atoms with E-state index in [-0.39, 0.29) is 11.6 Å². The maximum atomic E-state index is 13.4. The quantitative estimate of drug-likeness (QED) is 0.827. The van der Waals surface area contributed by atoms with Crippen LogP contribution in [0.5, 0.6) is 0 Å². The van der Waals surface area contributed by atoms with Crippen molar-refractivity contribution in [3.05, 3.63) is 35.6 Å². The zero-order valence-corrected chi connectivity index (χ0v) is 12.0. The predicted octanol–water partition coefficient (Wildman–Crippen LogP) is 1.61. The van der Waals surface area contributed by atoms with Crippen LogP contribution < -0.4 is 10.6 Å². The second kappa shape index (κ2) is 7.37. The van der Waals surface area contributed by atoms with Crippen molar-refractivity contribution < 1.29 is 23.5 Å². The maximum Gasteiger partial charge on any atom is 0.341 e. The fraction of sp³-hybridized carbons (Fsp3) is 0.357. The molecular weight excluding hydrogens is 279 g/mol. The average Bonchev–Trinajstić information content (AvgIpc) is 2.37. The average molecular weight is 296 g/mol. The number of esters is 1. The number of hydrogen-bond donors (Lipinski definition) is 2. The van der Waals surface area contributed by atoms with Crippen molar-refractivity contribution in [3.8, 4) is 0 Å². The van der Waals surface area contributed by atoms with E-state index in [0.717, 1.165) is 6.07 Å². The molecule has 7 heteroatoms.